The van der Waals surface area contributed by atoms with E-state index in [1.165, 1.54) is 17.9 Å². The summed E-state index contributed by atoms with van der Waals surface area (Å²) in [7, 11) is 0. The smallest absolute Gasteiger partial charge is 0.169 e. The van der Waals surface area contributed by atoms with Crippen molar-refractivity contribution in [1.29, 1.82) is 0 Å². The van der Waals surface area contributed by atoms with Crippen molar-refractivity contribution in [3.8, 4) is 10.6 Å². The molecule has 0 radical (unpaired) electrons. The van der Waals surface area contributed by atoms with Gasteiger partial charge in [-0.25, -0.2) is 9.55 Å². The average Bonchev–Trinajstić information content (AvgIpc) is 2.80. The van der Waals surface area contributed by atoms with Gasteiger partial charge in [-0.05, 0) is 11.5 Å². The highest BCUT2D eigenvalue weighted by Crippen LogP contribution is 2.17. The molecule has 2 aromatic rings. The predicted octanol–water partition coefficient (Wildman–Crippen LogP) is -0.367. The number of aliphatic carboxylic acids is 1. The molecule has 0 unspecified atom stereocenters. The zero-order valence-corrected chi connectivity index (χ0v) is 9.18. The van der Waals surface area contributed by atoms with E-state index in [2.05, 4.69) is 9.36 Å². The molecule has 82 valence electrons. The molecule has 0 saturated heterocycles. The maximum Gasteiger partial charge on any atom is 0.169 e. The molecule has 0 saturated carbocycles. The molecule has 0 fully saturated rings. The van der Waals surface area contributed by atoms with Crippen LogP contribution in [0.5, 0.6) is 0 Å². The van der Waals surface area contributed by atoms with Crippen LogP contribution in [0.2, 0.25) is 0 Å². The first-order valence-electron chi connectivity index (χ1n) is 4.72. The first kappa shape index (κ1) is 10.7. The van der Waals surface area contributed by atoms with Crippen molar-refractivity contribution in [3.05, 3.63) is 30.9 Å². The minimum atomic E-state index is -1.04. The Balaban J connectivity index is 2.08. The van der Waals surface area contributed by atoms with Crippen LogP contribution in [0, 0.1) is 0 Å². The first-order valence-corrected chi connectivity index (χ1v) is 5.49. The van der Waals surface area contributed by atoms with E-state index in [0.29, 0.717) is 6.54 Å². The van der Waals surface area contributed by atoms with Crippen molar-refractivity contribution < 1.29 is 14.5 Å². The summed E-state index contributed by atoms with van der Waals surface area (Å²) < 4.78 is 5.71. The fraction of sp³-hybridized carbons (Fsp3) is 0.200. The molecule has 16 heavy (non-hydrogen) atoms. The van der Waals surface area contributed by atoms with Gasteiger partial charge in [-0.3, -0.25) is 0 Å². The molecule has 0 aromatic carbocycles. The second-order valence-electron chi connectivity index (χ2n) is 3.19. The van der Waals surface area contributed by atoms with E-state index in [9.17, 15) is 9.90 Å². The van der Waals surface area contributed by atoms with Crippen LogP contribution >= 0.6 is 11.5 Å². The normalized spacial score (nSPS) is 10.2. The number of pyridine rings is 1. The summed E-state index contributed by atoms with van der Waals surface area (Å²) in [6.45, 7) is 0.415. The minimum Gasteiger partial charge on any atom is -0.550 e. The number of carboxylic acid groups (broad SMARTS) is 1. The molecule has 2 rings (SSSR count). The van der Waals surface area contributed by atoms with Crippen molar-refractivity contribution >= 4 is 17.5 Å². The van der Waals surface area contributed by atoms with Gasteiger partial charge in [0.15, 0.2) is 18.9 Å². The Morgan fingerprint density at radius 3 is 2.75 bits per heavy atom. The molecule has 0 N–H and O–H groups in total. The number of carboxylic acids is 1. The molecule has 0 amide bonds. The molecule has 2 aromatic heterocycles. The van der Waals surface area contributed by atoms with E-state index < -0.39 is 5.97 Å². The van der Waals surface area contributed by atoms with E-state index in [0.717, 1.165) is 10.6 Å². The van der Waals surface area contributed by atoms with Crippen LogP contribution in [0.4, 0.5) is 0 Å². The lowest BCUT2D eigenvalue weighted by molar-refractivity contribution is -0.696. The summed E-state index contributed by atoms with van der Waals surface area (Å²) in [4.78, 5) is 14.4. The van der Waals surface area contributed by atoms with Gasteiger partial charge < -0.3 is 9.90 Å². The van der Waals surface area contributed by atoms with Gasteiger partial charge in [0.1, 0.15) is 11.3 Å². The van der Waals surface area contributed by atoms with Gasteiger partial charge in [0.05, 0.1) is 0 Å². The Hall–Kier alpha value is -1.82. The lowest BCUT2D eigenvalue weighted by atomic mass is 10.3. The fourth-order valence-corrected chi connectivity index (χ4v) is 1.80. The van der Waals surface area contributed by atoms with E-state index in [1.807, 2.05) is 24.5 Å². The summed E-state index contributed by atoms with van der Waals surface area (Å²) in [6, 6.07) is 3.77. The first-order chi connectivity index (χ1) is 7.75. The van der Waals surface area contributed by atoms with Gasteiger partial charge in [0.2, 0.25) is 0 Å². The molecule has 0 bridgehead atoms. The van der Waals surface area contributed by atoms with Gasteiger partial charge in [-0.1, -0.05) is 0 Å². The molecule has 0 aliphatic heterocycles. The highest BCUT2D eigenvalue weighted by atomic mass is 32.1. The molecule has 0 aliphatic rings. The van der Waals surface area contributed by atoms with Crippen LogP contribution in [0.25, 0.3) is 10.6 Å². The highest BCUT2D eigenvalue weighted by molar-refractivity contribution is 7.09. The van der Waals surface area contributed by atoms with Crippen LogP contribution in [0.15, 0.2) is 30.9 Å². The number of carbonyl (C=O) groups excluding carboxylic acids is 1. The van der Waals surface area contributed by atoms with E-state index >= 15 is 0 Å². The zero-order chi connectivity index (χ0) is 11.4. The SMILES string of the molecule is O=C([O-])CC[n+]1ccc(-c2ncns2)cc1. The molecular weight excluding hydrogens is 226 g/mol. The second-order valence-corrected chi connectivity index (χ2v) is 3.97. The zero-order valence-electron chi connectivity index (χ0n) is 8.37. The lowest BCUT2D eigenvalue weighted by Crippen LogP contribution is -2.36. The van der Waals surface area contributed by atoms with Crippen molar-refractivity contribution in [1.82, 2.24) is 9.36 Å². The minimum absolute atomic E-state index is 0.0167. The number of aromatic nitrogens is 3. The Morgan fingerprint density at radius 2 is 2.19 bits per heavy atom. The number of carbonyl (C=O) groups is 1. The van der Waals surface area contributed by atoms with E-state index in [1.54, 1.807) is 4.57 Å². The lowest BCUT2D eigenvalue weighted by Gasteiger charge is -1.99. The van der Waals surface area contributed by atoms with Crippen LogP contribution < -0.4 is 9.67 Å². The maximum atomic E-state index is 10.3. The number of rotatable bonds is 4. The van der Waals surface area contributed by atoms with Crippen LogP contribution in [0.1, 0.15) is 6.42 Å². The molecule has 0 aliphatic carbocycles. The summed E-state index contributed by atoms with van der Waals surface area (Å²) in [6.07, 6.45) is 5.17. The number of aryl methyl sites for hydroxylation is 1. The quantitative estimate of drug-likeness (QED) is 0.678. The monoisotopic (exact) mass is 235 g/mol. The summed E-state index contributed by atoms with van der Waals surface area (Å²) in [5.41, 5.74) is 0.979. The van der Waals surface area contributed by atoms with Crippen molar-refractivity contribution in [2.45, 2.75) is 13.0 Å². The van der Waals surface area contributed by atoms with Crippen molar-refractivity contribution in [2.75, 3.05) is 0 Å². The molecular formula is C10H9N3O2S. The molecule has 0 spiro atoms. The molecule has 5 nitrogen and oxygen atoms in total. The third-order valence-electron chi connectivity index (χ3n) is 2.07. The van der Waals surface area contributed by atoms with Crippen LogP contribution in [0.3, 0.4) is 0 Å². The average molecular weight is 235 g/mol. The second kappa shape index (κ2) is 4.80. The van der Waals surface area contributed by atoms with Crippen molar-refractivity contribution in [3.63, 3.8) is 0 Å². The maximum absolute atomic E-state index is 10.3. The van der Waals surface area contributed by atoms with E-state index in [4.69, 9.17) is 0 Å². The van der Waals surface area contributed by atoms with Crippen LogP contribution in [-0.4, -0.2) is 15.3 Å². The number of hydrogen-bond acceptors (Lipinski definition) is 5. The Kier molecular flexibility index (Phi) is 3.21. The number of hydrogen-bond donors (Lipinski definition) is 0. The molecule has 0 atom stereocenters. The Morgan fingerprint density at radius 1 is 1.44 bits per heavy atom. The van der Waals surface area contributed by atoms with Gasteiger partial charge in [0.25, 0.3) is 0 Å². The van der Waals surface area contributed by atoms with Gasteiger partial charge >= 0.3 is 0 Å². The largest absolute Gasteiger partial charge is 0.550 e. The Labute approximate surface area is 96.2 Å². The fourth-order valence-electron chi connectivity index (χ4n) is 1.27. The third-order valence-corrected chi connectivity index (χ3v) is 2.79. The summed E-state index contributed by atoms with van der Waals surface area (Å²) in [5.74, 6) is -1.04. The summed E-state index contributed by atoms with van der Waals surface area (Å²) in [5, 5.41) is 11.1. The standard InChI is InChI=1S/C10H9N3O2S/c14-9(15)3-6-13-4-1-8(2-5-13)10-11-7-12-16-10/h1-2,4-5,7H,3,6H2. The van der Waals surface area contributed by atoms with Gasteiger partial charge in [-0.15, -0.1) is 0 Å². The molecule has 6 heteroatoms. The predicted molar refractivity (Wildman–Crippen MR) is 55.2 cm³/mol. The topological polar surface area (TPSA) is 69.8 Å². The van der Waals surface area contributed by atoms with E-state index in [-0.39, 0.29) is 6.42 Å². The number of nitrogens with zero attached hydrogens (tertiary/aromatic N) is 3. The third kappa shape index (κ3) is 2.60. The highest BCUT2D eigenvalue weighted by Gasteiger charge is 2.04. The van der Waals surface area contributed by atoms with Gasteiger partial charge in [0, 0.05) is 30.1 Å². The van der Waals surface area contributed by atoms with Gasteiger partial charge in [-0.2, -0.15) is 4.37 Å². The summed E-state index contributed by atoms with van der Waals surface area (Å²) >= 11 is 1.33. The Bertz CT molecular complexity index is 467. The van der Waals surface area contributed by atoms with Crippen molar-refractivity contribution in [2.24, 2.45) is 0 Å². The van der Waals surface area contributed by atoms with Crippen LogP contribution in [-0.2, 0) is 11.3 Å². The molecule has 2 heterocycles.